The molecule has 0 bridgehead atoms. The molecule has 0 fully saturated rings. The fourth-order valence-corrected chi connectivity index (χ4v) is 2.09. The summed E-state index contributed by atoms with van der Waals surface area (Å²) in [7, 11) is 0. The second kappa shape index (κ2) is 4.38. The Morgan fingerprint density at radius 2 is 1.89 bits per heavy atom. The van der Waals surface area contributed by atoms with Crippen molar-refractivity contribution < 1.29 is 29.3 Å². The molecule has 0 radical (unpaired) electrons. The van der Waals surface area contributed by atoms with E-state index in [0.29, 0.717) is 11.1 Å². The Bertz CT molecular complexity index is 560. The lowest BCUT2D eigenvalue weighted by Gasteiger charge is -2.18. The summed E-state index contributed by atoms with van der Waals surface area (Å²) in [5.41, 5.74) is -1.07. The van der Waals surface area contributed by atoms with E-state index in [4.69, 9.17) is 14.9 Å². The molecular weight excluding hydrogens is 252 g/mol. The van der Waals surface area contributed by atoms with Crippen LogP contribution in [0.4, 0.5) is 0 Å². The minimum Gasteiger partial charge on any atom is -0.478 e. The molecule has 2 rings (SSSR count). The van der Waals surface area contributed by atoms with Gasteiger partial charge in [0.25, 0.3) is 0 Å². The van der Waals surface area contributed by atoms with E-state index in [1.165, 1.54) is 13.0 Å². The average Bonchev–Trinajstić information content (AvgIpc) is 2.68. The fourth-order valence-electron chi connectivity index (χ4n) is 2.09. The number of carboxylic acid groups (broad SMARTS) is 2. The van der Waals surface area contributed by atoms with Gasteiger partial charge in [-0.05, 0) is 24.1 Å². The van der Waals surface area contributed by atoms with Crippen molar-refractivity contribution in [1.29, 1.82) is 0 Å². The zero-order valence-electron chi connectivity index (χ0n) is 10.2. The van der Waals surface area contributed by atoms with Crippen LogP contribution in [0.25, 0.3) is 0 Å². The lowest BCUT2D eigenvalue weighted by Crippen LogP contribution is -2.50. The maximum absolute atomic E-state index is 11.1. The molecule has 0 saturated carbocycles. The highest BCUT2D eigenvalue weighted by molar-refractivity contribution is 6.03. The summed E-state index contributed by atoms with van der Waals surface area (Å²) in [4.78, 5) is 33.3. The van der Waals surface area contributed by atoms with Gasteiger partial charge < -0.3 is 14.9 Å². The van der Waals surface area contributed by atoms with E-state index in [-0.39, 0.29) is 24.4 Å². The van der Waals surface area contributed by atoms with Gasteiger partial charge in [-0.1, -0.05) is 12.1 Å². The van der Waals surface area contributed by atoms with E-state index in [0.717, 1.165) is 0 Å². The molecule has 1 aromatic carbocycles. The summed E-state index contributed by atoms with van der Waals surface area (Å²) in [6.45, 7) is 1.45. The lowest BCUT2D eigenvalue weighted by molar-refractivity contribution is -0.170. The molecule has 6 heteroatoms. The van der Waals surface area contributed by atoms with Crippen molar-refractivity contribution in [3.63, 3.8) is 0 Å². The number of carbonyl (C=O) groups excluding carboxylic acids is 1. The Balaban J connectivity index is 2.36. The van der Waals surface area contributed by atoms with Gasteiger partial charge >= 0.3 is 17.5 Å². The molecule has 1 aliphatic heterocycles. The van der Waals surface area contributed by atoms with E-state index in [9.17, 15) is 14.4 Å². The molecule has 0 aliphatic carbocycles. The second-order valence-electron chi connectivity index (χ2n) is 4.54. The van der Waals surface area contributed by atoms with Gasteiger partial charge in [0.1, 0.15) is 11.5 Å². The molecule has 0 spiro atoms. The average molecular weight is 264 g/mol. The summed E-state index contributed by atoms with van der Waals surface area (Å²) >= 11 is 0. The Morgan fingerprint density at radius 3 is 2.42 bits per heavy atom. The van der Waals surface area contributed by atoms with E-state index in [2.05, 4.69) is 0 Å². The third kappa shape index (κ3) is 2.16. The van der Waals surface area contributed by atoms with Crippen LogP contribution in [0, 0.1) is 0 Å². The van der Waals surface area contributed by atoms with E-state index in [1.54, 1.807) is 12.1 Å². The largest absolute Gasteiger partial charge is 0.478 e. The topological polar surface area (TPSA) is 101 Å². The van der Waals surface area contributed by atoms with Crippen molar-refractivity contribution in [3.05, 3.63) is 29.3 Å². The van der Waals surface area contributed by atoms with Crippen LogP contribution in [0.3, 0.4) is 0 Å². The van der Waals surface area contributed by atoms with Gasteiger partial charge in [-0.25, -0.2) is 9.59 Å². The normalized spacial score (nSPS) is 15.4. The Labute approximate surface area is 108 Å². The van der Waals surface area contributed by atoms with Crippen LogP contribution < -0.4 is 4.74 Å². The van der Waals surface area contributed by atoms with Crippen LogP contribution in [0.15, 0.2) is 18.2 Å². The number of carbonyl (C=O) groups is 3. The van der Waals surface area contributed by atoms with E-state index in [1.807, 2.05) is 0 Å². The standard InChI is InChI=1S/C13H12O6/c1-7(14)4-8-2-3-10-9(5-8)6-13(19-10,11(15)16)12(17)18/h2-3,5H,4,6H2,1H3,(H,15,16)(H,17,18). The molecule has 1 aliphatic rings. The highest BCUT2D eigenvalue weighted by atomic mass is 16.6. The first-order chi connectivity index (χ1) is 8.85. The number of benzene rings is 1. The third-order valence-corrected chi connectivity index (χ3v) is 2.99. The monoisotopic (exact) mass is 264 g/mol. The van der Waals surface area contributed by atoms with Crippen LogP contribution in [0.2, 0.25) is 0 Å². The Hall–Kier alpha value is -2.37. The summed E-state index contributed by atoms with van der Waals surface area (Å²) in [5, 5.41) is 18.1. The van der Waals surface area contributed by atoms with Crippen molar-refractivity contribution in [2.75, 3.05) is 0 Å². The van der Waals surface area contributed by atoms with Crippen LogP contribution in [0.5, 0.6) is 5.75 Å². The number of carboxylic acids is 2. The number of ether oxygens (including phenoxy) is 1. The Kier molecular flexibility index (Phi) is 3.01. The quantitative estimate of drug-likeness (QED) is 0.775. The minimum atomic E-state index is -2.27. The smallest absolute Gasteiger partial charge is 0.360 e. The van der Waals surface area contributed by atoms with Gasteiger partial charge in [0.15, 0.2) is 0 Å². The number of ketones is 1. The summed E-state index contributed by atoms with van der Waals surface area (Å²) < 4.78 is 5.09. The number of fused-ring (bicyclic) bond motifs is 1. The van der Waals surface area contributed by atoms with Gasteiger partial charge in [-0.15, -0.1) is 0 Å². The minimum absolute atomic E-state index is 0.0263. The molecule has 6 nitrogen and oxygen atoms in total. The number of rotatable bonds is 4. The maximum atomic E-state index is 11.1. The number of hydrogen-bond donors (Lipinski definition) is 2. The number of aliphatic carboxylic acids is 2. The van der Waals surface area contributed by atoms with Crippen LogP contribution in [-0.2, 0) is 27.2 Å². The van der Waals surface area contributed by atoms with Gasteiger partial charge in [0.05, 0.1) is 0 Å². The summed E-state index contributed by atoms with van der Waals surface area (Å²) in [6.07, 6.45) is -0.0286. The third-order valence-electron chi connectivity index (χ3n) is 2.99. The predicted octanol–water partition coefficient (Wildman–Crippen LogP) is 0.661. The Morgan fingerprint density at radius 1 is 1.26 bits per heavy atom. The van der Waals surface area contributed by atoms with Crippen molar-refractivity contribution >= 4 is 17.7 Å². The van der Waals surface area contributed by atoms with Crippen LogP contribution in [0.1, 0.15) is 18.1 Å². The SMILES string of the molecule is CC(=O)Cc1ccc2c(c1)CC(C(=O)O)(C(=O)O)O2. The molecule has 0 unspecified atom stereocenters. The highest BCUT2D eigenvalue weighted by Crippen LogP contribution is 2.36. The number of hydrogen-bond acceptors (Lipinski definition) is 4. The molecule has 2 N–H and O–H groups in total. The van der Waals surface area contributed by atoms with Crippen LogP contribution >= 0.6 is 0 Å². The van der Waals surface area contributed by atoms with Crippen molar-refractivity contribution in [2.24, 2.45) is 0 Å². The summed E-state index contributed by atoms with van der Waals surface area (Å²) in [5.74, 6) is -2.87. The first kappa shape index (κ1) is 13.1. The van der Waals surface area contributed by atoms with E-state index >= 15 is 0 Å². The summed E-state index contributed by atoms with van der Waals surface area (Å²) in [6, 6.07) is 4.74. The fraction of sp³-hybridized carbons (Fsp3) is 0.308. The first-order valence-electron chi connectivity index (χ1n) is 5.62. The first-order valence-corrected chi connectivity index (χ1v) is 5.62. The van der Waals surface area contributed by atoms with E-state index < -0.39 is 17.5 Å². The molecular formula is C13H12O6. The predicted molar refractivity (Wildman–Crippen MR) is 63.2 cm³/mol. The number of Topliss-reactive ketones (excluding diaryl/α,β-unsaturated/α-hetero) is 1. The molecule has 0 atom stereocenters. The van der Waals surface area contributed by atoms with Gasteiger partial charge in [0, 0.05) is 12.8 Å². The van der Waals surface area contributed by atoms with Crippen molar-refractivity contribution in [3.8, 4) is 5.75 Å². The maximum Gasteiger partial charge on any atom is 0.360 e. The lowest BCUT2D eigenvalue weighted by atomic mass is 9.96. The zero-order valence-corrected chi connectivity index (χ0v) is 10.2. The van der Waals surface area contributed by atoms with Crippen LogP contribution in [-0.4, -0.2) is 33.5 Å². The molecule has 19 heavy (non-hydrogen) atoms. The molecule has 0 aromatic heterocycles. The molecule has 1 aromatic rings. The van der Waals surface area contributed by atoms with Crippen molar-refractivity contribution in [1.82, 2.24) is 0 Å². The highest BCUT2D eigenvalue weighted by Gasteiger charge is 2.54. The zero-order chi connectivity index (χ0) is 14.2. The van der Waals surface area contributed by atoms with Crippen molar-refractivity contribution in [2.45, 2.75) is 25.4 Å². The molecule has 0 amide bonds. The molecule has 100 valence electrons. The molecule has 1 heterocycles. The van der Waals surface area contributed by atoms with Gasteiger partial charge in [0.2, 0.25) is 0 Å². The second-order valence-corrected chi connectivity index (χ2v) is 4.54. The van der Waals surface area contributed by atoms with Gasteiger partial charge in [-0.3, -0.25) is 4.79 Å². The van der Waals surface area contributed by atoms with Gasteiger partial charge in [-0.2, -0.15) is 0 Å². The molecule has 0 saturated heterocycles.